The second-order valence-electron chi connectivity index (χ2n) is 6.27. The van der Waals surface area contributed by atoms with Crippen LogP contribution in [0.15, 0.2) is 64.0 Å². The normalized spacial score (nSPS) is 21.4. The minimum atomic E-state index is -3.81. The Hall–Kier alpha value is -1.66. The van der Waals surface area contributed by atoms with Crippen molar-refractivity contribution in [2.24, 2.45) is 5.92 Å². The Labute approximate surface area is 157 Å². The van der Waals surface area contributed by atoms with Gasteiger partial charge in [-0.3, -0.25) is 4.79 Å². The van der Waals surface area contributed by atoms with E-state index in [-0.39, 0.29) is 35.6 Å². The van der Waals surface area contributed by atoms with Gasteiger partial charge in [0.1, 0.15) is 0 Å². The van der Waals surface area contributed by atoms with Gasteiger partial charge in [-0.1, -0.05) is 59.6 Å². The van der Waals surface area contributed by atoms with Gasteiger partial charge in [0.25, 0.3) is 10.0 Å². The first-order valence-electron chi connectivity index (χ1n) is 8.29. The van der Waals surface area contributed by atoms with Gasteiger partial charge in [0.05, 0.1) is 4.90 Å². The SMILES string of the molecule is CC[C@@H]1CN(S(=O)(=O)c2ccc(Br)cc2)C(=O)C[C@H]1c1ccccc1. The summed E-state index contributed by atoms with van der Waals surface area (Å²) in [5, 5.41) is 0. The number of hydrogen-bond donors (Lipinski definition) is 0. The molecule has 0 radical (unpaired) electrons. The van der Waals surface area contributed by atoms with Gasteiger partial charge >= 0.3 is 0 Å². The van der Waals surface area contributed by atoms with Crippen molar-refractivity contribution >= 4 is 31.9 Å². The Morgan fingerprint density at radius 3 is 2.32 bits per heavy atom. The molecule has 1 saturated heterocycles. The number of nitrogens with zero attached hydrogens (tertiary/aromatic N) is 1. The molecule has 1 heterocycles. The molecule has 0 unspecified atom stereocenters. The van der Waals surface area contributed by atoms with E-state index in [0.717, 1.165) is 20.8 Å². The molecule has 6 heteroatoms. The quantitative estimate of drug-likeness (QED) is 0.743. The van der Waals surface area contributed by atoms with Crippen LogP contribution in [0, 0.1) is 5.92 Å². The highest BCUT2D eigenvalue weighted by atomic mass is 79.9. The van der Waals surface area contributed by atoms with Crippen LogP contribution in [0.2, 0.25) is 0 Å². The van der Waals surface area contributed by atoms with E-state index in [1.807, 2.05) is 37.3 Å². The van der Waals surface area contributed by atoms with E-state index in [2.05, 4.69) is 15.9 Å². The summed E-state index contributed by atoms with van der Waals surface area (Å²) in [4.78, 5) is 12.8. The molecule has 0 saturated carbocycles. The van der Waals surface area contributed by atoms with Gasteiger partial charge in [-0.25, -0.2) is 12.7 Å². The molecule has 1 amide bonds. The first-order valence-corrected chi connectivity index (χ1v) is 10.5. The maximum absolute atomic E-state index is 12.9. The van der Waals surface area contributed by atoms with Crippen LogP contribution >= 0.6 is 15.9 Å². The van der Waals surface area contributed by atoms with Crippen LogP contribution in [0.1, 0.15) is 31.2 Å². The average molecular weight is 422 g/mol. The summed E-state index contributed by atoms with van der Waals surface area (Å²) in [5.74, 6) is -0.151. The smallest absolute Gasteiger partial charge is 0.266 e. The molecule has 2 aromatic rings. The van der Waals surface area contributed by atoms with Crippen molar-refractivity contribution < 1.29 is 13.2 Å². The highest BCUT2D eigenvalue weighted by Gasteiger charge is 2.40. The topological polar surface area (TPSA) is 54.5 Å². The second-order valence-corrected chi connectivity index (χ2v) is 9.05. The van der Waals surface area contributed by atoms with Crippen LogP contribution in [0.5, 0.6) is 0 Å². The third kappa shape index (κ3) is 3.65. The van der Waals surface area contributed by atoms with E-state index in [1.54, 1.807) is 12.1 Å². The van der Waals surface area contributed by atoms with E-state index in [4.69, 9.17) is 0 Å². The summed E-state index contributed by atoms with van der Waals surface area (Å²) in [7, 11) is -3.81. The lowest BCUT2D eigenvalue weighted by atomic mass is 9.79. The molecule has 0 spiro atoms. The molecule has 3 rings (SSSR count). The number of halogens is 1. The molecule has 0 N–H and O–H groups in total. The molecule has 0 bridgehead atoms. The molecule has 0 aromatic heterocycles. The zero-order valence-corrected chi connectivity index (χ0v) is 16.3. The molecule has 1 fully saturated rings. The predicted molar refractivity (Wildman–Crippen MR) is 101 cm³/mol. The summed E-state index contributed by atoms with van der Waals surface area (Å²) in [6, 6.07) is 16.3. The maximum Gasteiger partial charge on any atom is 0.266 e. The minimum Gasteiger partial charge on any atom is -0.274 e. The Bertz CT molecular complexity index is 850. The zero-order chi connectivity index (χ0) is 18.0. The number of amides is 1. The molecule has 25 heavy (non-hydrogen) atoms. The van der Waals surface area contributed by atoms with Crippen molar-refractivity contribution in [2.45, 2.75) is 30.6 Å². The van der Waals surface area contributed by atoms with Gasteiger partial charge in [-0.15, -0.1) is 0 Å². The lowest BCUT2D eigenvalue weighted by Gasteiger charge is -2.37. The van der Waals surface area contributed by atoms with Gasteiger partial charge in [-0.05, 0) is 41.7 Å². The third-order valence-corrected chi connectivity index (χ3v) is 7.13. The van der Waals surface area contributed by atoms with Crippen molar-refractivity contribution in [1.82, 2.24) is 4.31 Å². The van der Waals surface area contributed by atoms with Gasteiger partial charge in [0.2, 0.25) is 5.91 Å². The Morgan fingerprint density at radius 2 is 1.72 bits per heavy atom. The van der Waals surface area contributed by atoms with Crippen LogP contribution in [-0.2, 0) is 14.8 Å². The van der Waals surface area contributed by atoms with E-state index < -0.39 is 10.0 Å². The fraction of sp³-hybridized carbons (Fsp3) is 0.316. The molecule has 2 atom stereocenters. The fourth-order valence-corrected chi connectivity index (χ4v) is 5.10. The van der Waals surface area contributed by atoms with Gasteiger partial charge in [0, 0.05) is 17.4 Å². The van der Waals surface area contributed by atoms with Crippen molar-refractivity contribution in [3.05, 3.63) is 64.6 Å². The molecule has 1 aliphatic rings. The summed E-state index contributed by atoms with van der Waals surface area (Å²) in [6.45, 7) is 2.27. The number of sulfonamides is 1. The predicted octanol–water partition coefficient (Wildman–Crippen LogP) is 4.18. The first-order chi connectivity index (χ1) is 11.9. The lowest BCUT2D eigenvalue weighted by molar-refractivity contribution is -0.130. The number of carbonyl (C=O) groups is 1. The van der Waals surface area contributed by atoms with Crippen LogP contribution in [-0.4, -0.2) is 25.2 Å². The largest absolute Gasteiger partial charge is 0.274 e. The van der Waals surface area contributed by atoms with Crippen LogP contribution in [0.25, 0.3) is 0 Å². The minimum absolute atomic E-state index is 0.0649. The van der Waals surface area contributed by atoms with Gasteiger partial charge < -0.3 is 0 Å². The number of rotatable bonds is 4. The average Bonchev–Trinajstić information content (AvgIpc) is 2.62. The Kier molecular flexibility index (Phi) is 5.29. The zero-order valence-electron chi connectivity index (χ0n) is 13.9. The first kappa shape index (κ1) is 18.1. The third-order valence-electron chi connectivity index (χ3n) is 4.80. The van der Waals surface area contributed by atoms with Crippen LogP contribution in [0.4, 0.5) is 0 Å². The fourth-order valence-electron chi connectivity index (χ4n) is 3.37. The number of piperidine rings is 1. The highest BCUT2D eigenvalue weighted by molar-refractivity contribution is 9.10. The second kappa shape index (κ2) is 7.30. The molecule has 4 nitrogen and oxygen atoms in total. The summed E-state index contributed by atoms with van der Waals surface area (Å²) in [6.07, 6.45) is 1.04. The van der Waals surface area contributed by atoms with Crippen molar-refractivity contribution in [3.63, 3.8) is 0 Å². The van der Waals surface area contributed by atoms with Gasteiger partial charge in [-0.2, -0.15) is 0 Å². The van der Waals surface area contributed by atoms with E-state index in [1.165, 1.54) is 12.1 Å². The highest BCUT2D eigenvalue weighted by Crippen LogP contribution is 2.37. The van der Waals surface area contributed by atoms with Gasteiger partial charge in [0.15, 0.2) is 0 Å². The maximum atomic E-state index is 12.9. The van der Waals surface area contributed by atoms with Crippen LogP contribution < -0.4 is 0 Å². The van der Waals surface area contributed by atoms with E-state index in [0.29, 0.717) is 0 Å². The summed E-state index contributed by atoms with van der Waals surface area (Å²) >= 11 is 3.30. The van der Waals surface area contributed by atoms with Crippen LogP contribution in [0.3, 0.4) is 0 Å². The lowest BCUT2D eigenvalue weighted by Crippen LogP contribution is -2.46. The van der Waals surface area contributed by atoms with E-state index in [9.17, 15) is 13.2 Å². The molecule has 1 aliphatic heterocycles. The number of carbonyl (C=O) groups excluding carboxylic acids is 1. The molecular formula is C19H20BrNO3S. The molecule has 132 valence electrons. The number of benzene rings is 2. The Balaban J connectivity index is 1.90. The van der Waals surface area contributed by atoms with Crippen molar-refractivity contribution in [2.75, 3.05) is 6.54 Å². The number of hydrogen-bond acceptors (Lipinski definition) is 3. The summed E-state index contributed by atoms with van der Waals surface area (Å²) < 4.78 is 27.7. The van der Waals surface area contributed by atoms with E-state index >= 15 is 0 Å². The Morgan fingerprint density at radius 1 is 1.08 bits per heavy atom. The molecule has 0 aliphatic carbocycles. The monoisotopic (exact) mass is 421 g/mol. The molecule has 2 aromatic carbocycles. The standard InChI is InChI=1S/C19H20BrNO3S/c1-2-14-13-21(25(23,24)17-10-8-16(20)9-11-17)19(22)12-18(14)15-6-4-3-5-7-15/h3-11,14,18H,2,12-13H2,1H3/t14-,18-/m1/s1. The van der Waals surface area contributed by atoms with Crippen molar-refractivity contribution in [3.8, 4) is 0 Å². The van der Waals surface area contributed by atoms with Crippen molar-refractivity contribution in [1.29, 1.82) is 0 Å². The summed E-state index contributed by atoms with van der Waals surface area (Å²) in [5.41, 5.74) is 1.10. The molecular weight excluding hydrogens is 402 g/mol.